The van der Waals surface area contributed by atoms with Crippen molar-refractivity contribution in [2.75, 3.05) is 0 Å². The fourth-order valence-electron chi connectivity index (χ4n) is 1.76. The van der Waals surface area contributed by atoms with Gasteiger partial charge in [0.2, 0.25) is 0 Å². The molecule has 1 aromatic carbocycles. The maximum absolute atomic E-state index is 10.9. The number of rotatable bonds is 3. The minimum absolute atomic E-state index is 0.447. The van der Waals surface area contributed by atoms with Gasteiger partial charge in [-0.15, -0.1) is 0 Å². The lowest BCUT2D eigenvalue weighted by Crippen LogP contribution is -2.26. The Bertz CT molecular complexity index is 413. The number of carboxylic acids is 1. The van der Waals surface area contributed by atoms with Crippen LogP contribution in [-0.2, 0) is 4.79 Å². The SMILES string of the molecule is Cc1cc(C)c(C(N)C(C)C(=O)O)cc1C. The minimum atomic E-state index is -0.856. The topological polar surface area (TPSA) is 63.3 Å². The maximum atomic E-state index is 10.9. The van der Waals surface area contributed by atoms with E-state index in [0.29, 0.717) is 0 Å². The van der Waals surface area contributed by atoms with Crippen molar-refractivity contribution in [2.45, 2.75) is 33.7 Å². The van der Waals surface area contributed by atoms with Crippen LogP contribution >= 0.6 is 0 Å². The van der Waals surface area contributed by atoms with Gasteiger partial charge >= 0.3 is 5.97 Å². The molecule has 2 unspecified atom stereocenters. The smallest absolute Gasteiger partial charge is 0.308 e. The van der Waals surface area contributed by atoms with Crippen LogP contribution in [0.25, 0.3) is 0 Å². The highest BCUT2D eigenvalue weighted by atomic mass is 16.4. The van der Waals surface area contributed by atoms with E-state index in [-0.39, 0.29) is 0 Å². The number of carboxylic acid groups (broad SMARTS) is 1. The standard InChI is InChI=1S/C13H19NO2/c1-7-5-9(3)11(6-8(7)2)12(14)10(4)13(15)16/h5-6,10,12H,14H2,1-4H3,(H,15,16). The van der Waals surface area contributed by atoms with Crippen LogP contribution in [0.4, 0.5) is 0 Å². The molecule has 3 heteroatoms. The summed E-state index contributed by atoms with van der Waals surface area (Å²) in [5.74, 6) is -1.43. The van der Waals surface area contributed by atoms with Gasteiger partial charge in [-0.3, -0.25) is 4.79 Å². The highest BCUT2D eigenvalue weighted by Gasteiger charge is 2.23. The summed E-state index contributed by atoms with van der Waals surface area (Å²) < 4.78 is 0. The number of hydrogen-bond acceptors (Lipinski definition) is 2. The molecule has 0 aliphatic heterocycles. The molecule has 1 aromatic rings. The molecular formula is C13H19NO2. The summed E-state index contributed by atoms with van der Waals surface area (Å²) >= 11 is 0. The summed E-state index contributed by atoms with van der Waals surface area (Å²) in [5.41, 5.74) is 10.3. The zero-order chi connectivity index (χ0) is 12.5. The van der Waals surface area contributed by atoms with Crippen LogP contribution in [-0.4, -0.2) is 11.1 Å². The van der Waals surface area contributed by atoms with Gasteiger partial charge in [0, 0.05) is 6.04 Å². The largest absolute Gasteiger partial charge is 0.481 e. The van der Waals surface area contributed by atoms with E-state index in [1.807, 2.05) is 26.8 Å². The fraction of sp³-hybridized carbons (Fsp3) is 0.462. The summed E-state index contributed by atoms with van der Waals surface area (Å²) in [4.78, 5) is 10.9. The van der Waals surface area contributed by atoms with Gasteiger partial charge in [-0.05, 0) is 43.0 Å². The van der Waals surface area contributed by atoms with Crippen molar-refractivity contribution in [2.24, 2.45) is 11.7 Å². The molecule has 1 rings (SSSR count). The first-order chi connectivity index (χ1) is 7.34. The first-order valence-corrected chi connectivity index (χ1v) is 5.40. The van der Waals surface area contributed by atoms with Gasteiger partial charge in [0.15, 0.2) is 0 Å². The van der Waals surface area contributed by atoms with E-state index in [0.717, 1.165) is 16.7 Å². The van der Waals surface area contributed by atoms with Crippen molar-refractivity contribution in [3.05, 3.63) is 34.4 Å². The molecule has 0 aliphatic carbocycles. The number of aliphatic carboxylic acids is 1. The average Bonchev–Trinajstić information content (AvgIpc) is 2.21. The van der Waals surface area contributed by atoms with Crippen LogP contribution in [0, 0.1) is 26.7 Å². The van der Waals surface area contributed by atoms with E-state index in [2.05, 4.69) is 6.07 Å². The Morgan fingerprint density at radius 1 is 1.19 bits per heavy atom. The van der Waals surface area contributed by atoms with Gasteiger partial charge in [-0.25, -0.2) is 0 Å². The van der Waals surface area contributed by atoms with Crippen molar-refractivity contribution >= 4 is 5.97 Å². The Morgan fingerprint density at radius 2 is 1.69 bits per heavy atom. The molecule has 0 fully saturated rings. The lowest BCUT2D eigenvalue weighted by atomic mass is 9.90. The Morgan fingerprint density at radius 3 is 2.19 bits per heavy atom. The summed E-state index contributed by atoms with van der Waals surface area (Å²) in [7, 11) is 0. The quantitative estimate of drug-likeness (QED) is 0.823. The highest BCUT2D eigenvalue weighted by Crippen LogP contribution is 2.25. The second-order valence-electron chi connectivity index (χ2n) is 4.45. The molecule has 0 heterocycles. The highest BCUT2D eigenvalue weighted by molar-refractivity contribution is 5.71. The zero-order valence-electron chi connectivity index (χ0n) is 10.2. The molecule has 3 N–H and O–H groups in total. The van der Waals surface area contributed by atoms with Crippen molar-refractivity contribution in [1.82, 2.24) is 0 Å². The van der Waals surface area contributed by atoms with E-state index in [9.17, 15) is 4.79 Å². The predicted octanol–water partition coefficient (Wildman–Crippen LogP) is 2.33. The first-order valence-electron chi connectivity index (χ1n) is 5.40. The second kappa shape index (κ2) is 4.66. The van der Waals surface area contributed by atoms with Gasteiger partial charge in [0.05, 0.1) is 5.92 Å². The molecule has 2 atom stereocenters. The van der Waals surface area contributed by atoms with Crippen LogP contribution in [0.5, 0.6) is 0 Å². The monoisotopic (exact) mass is 221 g/mol. The van der Waals surface area contributed by atoms with E-state index in [4.69, 9.17) is 10.8 Å². The number of carbonyl (C=O) groups is 1. The van der Waals surface area contributed by atoms with Crippen molar-refractivity contribution in [3.8, 4) is 0 Å². The molecule has 0 radical (unpaired) electrons. The lowest BCUT2D eigenvalue weighted by Gasteiger charge is -2.20. The summed E-state index contributed by atoms with van der Waals surface area (Å²) in [5, 5.41) is 8.95. The van der Waals surface area contributed by atoms with E-state index in [1.54, 1.807) is 6.92 Å². The third-order valence-corrected chi connectivity index (χ3v) is 3.17. The normalized spacial score (nSPS) is 14.6. The third kappa shape index (κ3) is 2.42. The molecule has 0 amide bonds. The van der Waals surface area contributed by atoms with Crippen molar-refractivity contribution in [1.29, 1.82) is 0 Å². The number of aryl methyl sites for hydroxylation is 3. The van der Waals surface area contributed by atoms with Crippen molar-refractivity contribution in [3.63, 3.8) is 0 Å². The predicted molar refractivity (Wildman–Crippen MR) is 64.4 cm³/mol. The van der Waals surface area contributed by atoms with E-state index < -0.39 is 17.9 Å². The Balaban J connectivity index is 3.13. The molecule has 0 aromatic heterocycles. The first kappa shape index (κ1) is 12.7. The molecule has 0 saturated heterocycles. The van der Waals surface area contributed by atoms with Crippen molar-refractivity contribution < 1.29 is 9.90 Å². The molecule has 0 spiro atoms. The van der Waals surface area contributed by atoms with Crippen LogP contribution in [0.15, 0.2) is 12.1 Å². The van der Waals surface area contributed by atoms with E-state index >= 15 is 0 Å². The maximum Gasteiger partial charge on any atom is 0.308 e. The molecule has 88 valence electrons. The minimum Gasteiger partial charge on any atom is -0.481 e. The van der Waals surface area contributed by atoms with Gasteiger partial charge < -0.3 is 10.8 Å². The molecule has 3 nitrogen and oxygen atoms in total. The van der Waals surface area contributed by atoms with Crippen LogP contribution in [0.1, 0.15) is 35.2 Å². The van der Waals surface area contributed by atoms with Gasteiger partial charge in [0.1, 0.15) is 0 Å². The Hall–Kier alpha value is -1.35. The van der Waals surface area contributed by atoms with Crippen LogP contribution < -0.4 is 5.73 Å². The Labute approximate surface area is 96.3 Å². The van der Waals surface area contributed by atoms with Crippen LogP contribution in [0.2, 0.25) is 0 Å². The molecule has 0 aliphatic rings. The number of nitrogens with two attached hydrogens (primary N) is 1. The molecule has 16 heavy (non-hydrogen) atoms. The second-order valence-corrected chi connectivity index (χ2v) is 4.45. The third-order valence-electron chi connectivity index (χ3n) is 3.17. The number of benzene rings is 1. The van der Waals surface area contributed by atoms with Crippen LogP contribution in [0.3, 0.4) is 0 Å². The fourth-order valence-corrected chi connectivity index (χ4v) is 1.76. The molecule has 0 bridgehead atoms. The molecular weight excluding hydrogens is 202 g/mol. The van der Waals surface area contributed by atoms with Gasteiger partial charge in [-0.1, -0.05) is 19.1 Å². The van der Waals surface area contributed by atoms with E-state index in [1.165, 1.54) is 5.56 Å². The van der Waals surface area contributed by atoms with Gasteiger partial charge in [-0.2, -0.15) is 0 Å². The Kier molecular flexibility index (Phi) is 3.70. The summed E-state index contributed by atoms with van der Waals surface area (Å²) in [6.07, 6.45) is 0. The lowest BCUT2D eigenvalue weighted by molar-refractivity contribution is -0.141. The average molecular weight is 221 g/mol. The van der Waals surface area contributed by atoms with Gasteiger partial charge in [0.25, 0.3) is 0 Å². The number of hydrogen-bond donors (Lipinski definition) is 2. The summed E-state index contributed by atoms with van der Waals surface area (Å²) in [6.45, 7) is 7.66. The molecule has 0 saturated carbocycles. The zero-order valence-corrected chi connectivity index (χ0v) is 10.2. The summed E-state index contributed by atoms with van der Waals surface area (Å²) in [6, 6.07) is 3.60.